The first-order chi connectivity index (χ1) is 8.15. The predicted octanol–water partition coefficient (Wildman–Crippen LogP) is 3.36. The Hall–Kier alpha value is -1.61. The average molecular weight is 248 g/mol. The Labute approximate surface area is 106 Å². The van der Waals surface area contributed by atoms with Crippen molar-refractivity contribution >= 4 is 17.3 Å². The summed E-state index contributed by atoms with van der Waals surface area (Å²) in [4.78, 5) is 8.44. The van der Waals surface area contributed by atoms with Crippen molar-refractivity contribution in [1.82, 2.24) is 9.97 Å². The molecule has 0 spiro atoms. The van der Waals surface area contributed by atoms with Gasteiger partial charge >= 0.3 is 0 Å². The first-order valence-electron chi connectivity index (χ1n) is 5.44. The van der Waals surface area contributed by atoms with Crippen LogP contribution in [0.1, 0.15) is 17.0 Å². The van der Waals surface area contributed by atoms with Crippen LogP contribution in [0.3, 0.4) is 0 Å². The highest BCUT2D eigenvalue weighted by molar-refractivity contribution is 6.29. The summed E-state index contributed by atoms with van der Waals surface area (Å²) < 4.78 is 0. The first kappa shape index (κ1) is 11.9. The third-order valence-electron chi connectivity index (χ3n) is 2.51. The second-order valence-electron chi connectivity index (χ2n) is 3.93. The van der Waals surface area contributed by atoms with Gasteiger partial charge in [-0.2, -0.15) is 0 Å². The molecule has 0 aliphatic heterocycles. The molecule has 0 aliphatic carbocycles. The molecule has 3 nitrogen and oxygen atoms in total. The van der Waals surface area contributed by atoms with Crippen LogP contribution in [0.15, 0.2) is 30.5 Å². The number of aromatic nitrogens is 2. The molecule has 2 aromatic heterocycles. The molecular weight excluding hydrogens is 234 g/mol. The largest absolute Gasteiger partial charge is 0.379 e. The summed E-state index contributed by atoms with van der Waals surface area (Å²) in [6.07, 6.45) is 1.88. The highest BCUT2D eigenvalue weighted by Gasteiger charge is 2.00. The van der Waals surface area contributed by atoms with E-state index in [4.69, 9.17) is 11.6 Å². The van der Waals surface area contributed by atoms with Crippen molar-refractivity contribution in [3.8, 4) is 0 Å². The lowest BCUT2D eigenvalue weighted by molar-refractivity contribution is 1.07. The SMILES string of the molecule is Cc1ccc(CNc2ccc(Cl)nc2C)cn1. The van der Waals surface area contributed by atoms with Gasteiger partial charge in [-0.3, -0.25) is 4.98 Å². The van der Waals surface area contributed by atoms with Crippen LogP contribution in [-0.4, -0.2) is 9.97 Å². The molecule has 0 saturated heterocycles. The summed E-state index contributed by atoms with van der Waals surface area (Å²) in [7, 11) is 0. The number of pyridine rings is 2. The highest BCUT2D eigenvalue weighted by Crippen LogP contribution is 2.16. The molecule has 0 fully saturated rings. The first-order valence-corrected chi connectivity index (χ1v) is 5.81. The number of aryl methyl sites for hydroxylation is 2. The monoisotopic (exact) mass is 247 g/mol. The van der Waals surface area contributed by atoms with Crippen LogP contribution < -0.4 is 5.32 Å². The van der Waals surface area contributed by atoms with Crippen LogP contribution in [0.2, 0.25) is 5.15 Å². The summed E-state index contributed by atoms with van der Waals surface area (Å²) in [5.41, 5.74) is 4.07. The number of hydrogen-bond acceptors (Lipinski definition) is 3. The lowest BCUT2D eigenvalue weighted by Crippen LogP contribution is -2.02. The molecule has 2 rings (SSSR count). The van der Waals surface area contributed by atoms with E-state index in [0.717, 1.165) is 29.2 Å². The molecule has 2 heterocycles. The molecule has 0 atom stereocenters. The van der Waals surface area contributed by atoms with Gasteiger partial charge < -0.3 is 5.32 Å². The molecular formula is C13H14ClN3. The van der Waals surface area contributed by atoms with E-state index in [0.29, 0.717) is 5.15 Å². The number of nitrogens with one attached hydrogen (secondary N) is 1. The predicted molar refractivity (Wildman–Crippen MR) is 70.3 cm³/mol. The molecule has 4 heteroatoms. The van der Waals surface area contributed by atoms with Crippen molar-refractivity contribution in [2.24, 2.45) is 0 Å². The van der Waals surface area contributed by atoms with Crippen molar-refractivity contribution in [1.29, 1.82) is 0 Å². The van der Waals surface area contributed by atoms with E-state index in [2.05, 4.69) is 21.4 Å². The number of rotatable bonds is 3. The van der Waals surface area contributed by atoms with E-state index in [9.17, 15) is 0 Å². The zero-order valence-electron chi connectivity index (χ0n) is 9.87. The normalized spacial score (nSPS) is 10.3. The molecule has 0 radical (unpaired) electrons. The van der Waals surface area contributed by atoms with Crippen molar-refractivity contribution < 1.29 is 0 Å². The Morgan fingerprint density at radius 2 is 2.00 bits per heavy atom. The third kappa shape index (κ3) is 3.17. The Morgan fingerprint density at radius 1 is 1.18 bits per heavy atom. The quantitative estimate of drug-likeness (QED) is 0.846. The average Bonchev–Trinajstić information content (AvgIpc) is 2.30. The topological polar surface area (TPSA) is 37.8 Å². The van der Waals surface area contributed by atoms with Crippen LogP contribution in [0.5, 0.6) is 0 Å². The maximum atomic E-state index is 5.80. The standard InChI is InChI=1S/C13H14ClN3/c1-9-3-4-11(7-15-9)8-16-12-5-6-13(14)17-10(12)2/h3-7,16H,8H2,1-2H3. The van der Waals surface area contributed by atoms with Crippen molar-refractivity contribution in [2.75, 3.05) is 5.32 Å². The summed E-state index contributed by atoms with van der Waals surface area (Å²) in [6, 6.07) is 7.79. The fraction of sp³-hybridized carbons (Fsp3) is 0.231. The molecule has 0 unspecified atom stereocenters. The molecule has 88 valence electrons. The minimum Gasteiger partial charge on any atom is -0.379 e. The van der Waals surface area contributed by atoms with Crippen molar-refractivity contribution in [2.45, 2.75) is 20.4 Å². The van der Waals surface area contributed by atoms with Crippen molar-refractivity contribution in [3.05, 3.63) is 52.6 Å². The fourth-order valence-electron chi connectivity index (χ4n) is 1.52. The van der Waals surface area contributed by atoms with Crippen LogP contribution in [-0.2, 0) is 6.54 Å². The third-order valence-corrected chi connectivity index (χ3v) is 2.72. The smallest absolute Gasteiger partial charge is 0.129 e. The molecule has 0 bridgehead atoms. The van der Waals surface area contributed by atoms with Gasteiger partial charge in [0.05, 0.1) is 11.4 Å². The lowest BCUT2D eigenvalue weighted by Gasteiger charge is -2.09. The van der Waals surface area contributed by atoms with Gasteiger partial charge in [-0.1, -0.05) is 17.7 Å². The zero-order chi connectivity index (χ0) is 12.3. The summed E-state index contributed by atoms with van der Waals surface area (Å²) in [5, 5.41) is 3.83. The van der Waals surface area contributed by atoms with E-state index < -0.39 is 0 Å². The van der Waals surface area contributed by atoms with Crippen LogP contribution in [0.25, 0.3) is 0 Å². The molecule has 0 saturated carbocycles. The summed E-state index contributed by atoms with van der Waals surface area (Å²) in [5.74, 6) is 0. The number of hydrogen-bond donors (Lipinski definition) is 1. The van der Waals surface area contributed by atoms with E-state index in [1.807, 2.05) is 32.2 Å². The maximum Gasteiger partial charge on any atom is 0.129 e. The molecule has 0 aromatic carbocycles. The Bertz CT molecular complexity index is 509. The molecule has 0 amide bonds. The van der Waals surface area contributed by atoms with E-state index in [1.54, 1.807) is 6.07 Å². The second kappa shape index (κ2) is 5.15. The number of halogens is 1. The van der Waals surface area contributed by atoms with Gasteiger partial charge in [0.2, 0.25) is 0 Å². The van der Waals surface area contributed by atoms with Crippen LogP contribution >= 0.6 is 11.6 Å². The zero-order valence-corrected chi connectivity index (χ0v) is 10.6. The van der Waals surface area contributed by atoms with E-state index in [-0.39, 0.29) is 0 Å². The van der Waals surface area contributed by atoms with Gasteiger partial charge in [-0.15, -0.1) is 0 Å². The maximum absolute atomic E-state index is 5.80. The molecule has 0 aliphatic rings. The van der Waals surface area contributed by atoms with Gasteiger partial charge in [0, 0.05) is 18.4 Å². The van der Waals surface area contributed by atoms with Gasteiger partial charge in [0.1, 0.15) is 5.15 Å². The minimum absolute atomic E-state index is 0.519. The number of anilines is 1. The Morgan fingerprint density at radius 3 is 2.65 bits per heavy atom. The van der Waals surface area contributed by atoms with Gasteiger partial charge in [-0.25, -0.2) is 4.98 Å². The van der Waals surface area contributed by atoms with Gasteiger partial charge in [0.15, 0.2) is 0 Å². The van der Waals surface area contributed by atoms with E-state index >= 15 is 0 Å². The lowest BCUT2D eigenvalue weighted by atomic mass is 10.2. The Kier molecular flexibility index (Phi) is 3.59. The summed E-state index contributed by atoms with van der Waals surface area (Å²) >= 11 is 5.80. The van der Waals surface area contributed by atoms with Crippen molar-refractivity contribution in [3.63, 3.8) is 0 Å². The minimum atomic E-state index is 0.519. The Balaban J connectivity index is 2.04. The van der Waals surface area contributed by atoms with Crippen LogP contribution in [0.4, 0.5) is 5.69 Å². The summed E-state index contributed by atoms with van der Waals surface area (Å²) in [6.45, 7) is 4.64. The molecule has 17 heavy (non-hydrogen) atoms. The molecule has 1 N–H and O–H groups in total. The fourth-order valence-corrected chi connectivity index (χ4v) is 1.71. The number of nitrogens with zero attached hydrogens (tertiary/aromatic N) is 2. The van der Waals surface area contributed by atoms with Crippen LogP contribution in [0, 0.1) is 13.8 Å². The van der Waals surface area contributed by atoms with E-state index in [1.165, 1.54) is 0 Å². The van der Waals surface area contributed by atoms with Gasteiger partial charge in [0.25, 0.3) is 0 Å². The molecule has 2 aromatic rings. The highest BCUT2D eigenvalue weighted by atomic mass is 35.5. The van der Waals surface area contributed by atoms with Gasteiger partial charge in [-0.05, 0) is 37.6 Å². The second-order valence-corrected chi connectivity index (χ2v) is 4.32.